The van der Waals surface area contributed by atoms with Crippen LogP contribution >= 0.6 is 23.4 Å². The maximum absolute atomic E-state index is 12.6. The number of halogens is 1. The lowest BCUT2D eigenvalue weighted by Crippen LogP contribution is -2.55. The predicted octanol–water partition coefficient (Wildman–Crippen LogP) is 4.11. The van der Waals surface area contributed by atoms with Crippen LogP contribution in [0, 0.1) is 12.3 Å². The van der Waals surface area contributed by atoms with Gasteiger partial charge in [-0.2, -0.15) is 0 Å². The summed E-state index contributed by atoms with van der Waals surface area (Å²) in [6.07, 6.45) is 4.49. The van der Waals surface area contributed by atoms with Crippen molar-refractivity contribution < 1.29 is 14.3 Å². The van der Waals surface area contributed by atoms with E-state index in [1.165, 1.54) is 11.8 Å². The molecule has 204 valence electrons. The third-order valence-corrected chi connectivity index (χ3v) is 8.88. The van der Waals surface area contributed by atoms with Crippen LogP contribution in [0.2, 0.25) is 5.02 Å². The van der Waals surface area contributed by atoms with E-state index in [2.05, 4.69) is 25.4 Å². The van der Waals surface area contributed by atoms with E-state index < -0.39 is 11.7 Å². The maximum Gasteiger partial charge on any atom is 0.407 e. The van der Waals surface area contributed by atoms with Crippen LogP contribution in [0.1, 0.15) is 46.2 Å². The molecule has 0 aliphatic carbocycles. The van der Waals surface area contributed by atoms with Crippen molar-refractivity contribution in [1.82, 2.24) is 29.9 Å². The smallest absolute Gasteiger partial charge is 0.407 e. The van der Waals surface area contributed by atoms with Crippen LogP contribution in [0.25, 0.3) is 5.65 Å². The van der Waals surface area contributed by atoms with E-state index in [0.29, 0.717) is 17.3 Å². The topological polar surface area (TPSA) is 133 Å². The summed E-state index contributed by atoms with van der Waals surface area (Å²) in [5.74, 6) is 1.06. The van der Waals surface area contributed by atoms with E-state index in [0.717, 1.165) is 47.4 Å². The van der Waals surface area contributed by atoms with Crippen molar-refractivity contribution in [2.75, 3.05) is 30.3 Å². The predicted molar refractivity (Wildman–Crippen MR) is 146 cm³/mol. The quantitative estimate of drug-likeness (QED) is 0.480. The summed E-state index contributed by atoms with van der Waals surface area (Å²) in [6, 6.07) is 1.69. The molecule has 2 aliphatic heterocycles. The zero-order chi connectivity index (χ0) is 27.2. The number of piperidine rings is 1. The molecule has 0 aromatic carbocycles. The van der Waals surface area contributed by atoms with Crippen molar-refractivity contribution in [3.05, 3.63) is 29.3 Å². The number of nitrogen functional groups attached to an aromatic ring is 1. The average Bonchev–Trinajstić information content (AvgIpc) is 3.44. The van der Waals surface area contributed by atoms with Gasteiger partial charge >= 0.3 is 6.09 Å². The average molecular weight is 561 g/mol. The molecule has 0 saturated carbocycles. The number of carbonyl (C=O) groups excluding carboxylic acids is 1. The van der Waals surface area contributed by atoms with E-state index in [4.69, 9.17) is 31.8 Å². The molecule has 1 spiro atoms. The highest BCUT2D eigenvalue weighted by molar-refractivity contribution is 7.99. The number of nitrogens with two attached hydrogens (primary N) is 1. The molecule has 5 heterocycles. The summed E-state index contributed by atoms with van der Waals surface area (Å²) in [7, 11) is 0. The van der Waals surface area contributed by atoms with Crippen LogP contribution in [0.4, 0.5) is 16.6 Å². The van der Waals surface area contributed by atoms with Gasteiger partial charge < -0.3 is 25.4 Å². The van der Waals surface area contributed by atoms with Crippen LogP contribution in [-0.2, 0) is 9.47 Å². The second kappa shape index (κ2) is 10.0. The minimum atomic E-state index is -0.559. The van der Waals surface area contributed by atoms with Gasteiger partial charge in [-0.1, -0.05) is 23.4 Å². The van der Waals surface area contributed by atoms with Gasteiger partial charge in [0.2, 0.25) is 5.95 Å². The number of rotatable bonds is 4. The molecule has 0 unspecified atom stereocenters. The molecule has 11 nitrogen and oxygen atoms in total. The minimum Gasteiger partial charge on any atom is -0.444 e. The second-order valence-corrected chi connectivity index (χ2v) is 12.4. The van der Waals surface area contributed by atoms with Gasteiger partial charge in [-0.15, -0.1) is 10.2 Å². The number of nitrogens with one attached hydrogen (secondary N) is 1. The molecule has 3 N–H and O–H groups in total. The Labute approximate surface area is 230 Å². The van der Waals surface area contributed by atoms with E-state index in [1.54, 1.807) is 12.5 Å². The molecular formula is C25H33ClN8O3S. The van der Waals surface area contributed by atoms with Gasteiger partial charge in [-0.3, -0.25) is 0 Å². The molecule has 38 heavy (non-hydrogen) atoms. The Kier molecular flexibility index (Phi) is 7.08. The van der Waals surface area contributed by atoms with Crippen molar-refractivity contribution >= 4 is 46.9 Å². The Morgan fingerprint density at radius 3 is 2.79 bits per heavy atom. The Balaban J connectivity index is 1.36. The van der Waals surface area contributed by atoms with Crippen LogP contribution in [0.3, 0.4) is 0 Å². The molecule has 3 aromatic rings. The third-order valence-electron chi connectivity index (χ3n) is 7.13. The number of fused-ring (bicyclic) bond motifs is 1. The molecule has 1 amide bonds. The number of aromatic nitrogens is 5. The lowest BCUT2D eigenvalue weighted by molar-refractivity contribution is 0.0434. The maximum atomic E-state index is 12.6. The molecule has 3 aromatic heterocycles. The van der Waals surface area contributed by atoms with Crippen molar-refractivity contribution in [1.29, 1.82) is 0 Å². The Morgan fingerprint density at radius 1 is 1.34 bits per heavy atom. The molecular weight excluding hydrogens is 528 g/mol. The number of anilines is 2. The van der Waals surface area contributed by atoms with E-state index in [-0.39, 0.29) is 23.4 Å². The molecule has 2 aliphatic rings. The number of amides is 1. The number of ether oxygens (including phenoxy) is 2. The highest BCUT2D eigenvalue weighted by Gasteiger charge is 2.50. The summed E-state index contributed by atoms with van der Waals surface area (Å²) in [5, 5.41) is 12.1. The lowest BCUT2D eigenvalue weighted by Gasteiger charge is -2.43. The zero-order valence-electron chi connectivity index (χ0n) is 22.2. The summed E-state index contributed by atoms with van der Waals surface area (Å²) < 4.78 is 13.5. The highest BCUT2D eigenvalue weighted by Crippen LogP contribution is 2.44. The van der Waals surface area contributed by atoms with Crippen LogP contribution in [-0.4, -0.2) is 68.1 Å². The fourth-order valence-corrected chi connectivity index (χ4v) is 6.41. The number of aryl methyl sites for hydroxylation is 1. The lowest BCUT2D eigenvalue weighted by atomic mass is 9.73. The van der Waals surface area contributed by atoms with Crippen LogP contribution in [0.5, 0.6) is 0 Å². The summed E-state index contributed by atoms with van der Waals surface area (Å²) >= 11 is 7.84. The number of nitrogens with zero attached hydrogens (tertiary/aromatic N) is 6. The standard InChI is InChI=1S/C25H33ClN8O3S/c1-14-18(38-16-6-9-28-20(27)17(16)26)21-32-29-13-34(21)22(30-14)33-10-7-25(8-11-33)12-36-15(2)19(25)31-23(35)37-24(3,4)5/h6,9,13,15,19H,7-8,10-12H2,1-5H3,(H2,27,28)(H,31,35)/t15-,19+/m0/s1. The fraction of sp³-hybridized carbons (Fsp3) is 0.560. The van der Waals surface area contributed by atoms with E-state index in [9.17, 15) is 4.79 Å². The summed E-state index contributed by atoms with van der Waals surface area (Å²) in [5.41, 5.74) is 6.69. The van der Waals surface area contributed by atoms with Crippen LogP contribution < -0.4 is 16.0 Å². The first-order chi connectivity index (χ1) is 18.0. The first-order valence-electron chi connectivity index (χ1n) is 12.6. The van der Waals surface area contributed by atoms with E-state index >= 15 is 0 Å². The first kappa shape index (κ1) is 26.8. The number of hydrogen-bond donors (Lipinski definition) is 2. The van der Waals surface area contributed by atoms with Gasteiger partial charge in [0.1, 0.15) is 17.7 Å². The molecule has 2 saturated heterocycles. The molecule has 13 heteroatoms. The van der Waals surface area contributed by atoms with Crippen molar-refractivity contribution in [2.24, 2.45) is 5.41 Å². The largest absolute Gasteiger partial charge is 0.444 e. The Morgan fingerprint density at radius 2 is 2.08 bits per heavy atom. The van der Waals surface area contributed by atoms with Crippen molar-refractivity contribution in [3.63, 3.8) is 0 Å². The Hall–Kier alpha value is -2.83. The van der Waals surface area contributed by atoms with Crippen molar-refractivity contribution in [3.8, 4) is 0 Å². The molecule has 2 atom stereocenters. The first-order valence-corrected chi connectivity index (χ1v) is 13.8. The SMILES string of the molecule is Cc1nc(N2CCC3(CC2)CO[C@@H](C)[C@H]3NC(=O)OC(C)(C)C)n2cnnc2c1Sc1ccnc(N)c1Cl. The molecule has 5 rings (SSSR count). The van der Waals surface area contributed by atoms with Gasteiger partial charge in [0, 0.05) is 29.6 Å². The molecule has 0 radical (unpaired) electrons. The minimum absolute atomic E-state index is 0.0932. The number of alkyl carbamates (subject to hydrolysis) is 1. The number of pyridine rings is 1. The van der Waals surface area contributed by atoms with E-state index in [1.807, 2.05) is 45.1 Å². The molecule has 2 fully saturated rings. The van der Waals surface area contributed by atoms with Gasteiger partial charge in [0.15, 0.2) is 5.65 Å². The van der Waals surface area contributed by atoms with Gasteiger partial charge in [0.05, 0.1) is 34.4 Å². The monoisotopic (exact) mass is 560 g/mol. The summed E-state index contributed by atoms with van der Waals surface area (Å²) in [4.78, 5) is 25.5. The van der Waals surface area contributed by atoms with Gasteiger partial charge in [0.25, 0.3) is 0 Å². The number of hydrogen-bond acceptors (Lipinski definition) is 10. The molecule has 0 bridgehead atoms. The van der Waals surface area contributed by atoms with Gasteiger partial charge in [-0.05, 0) is 53.5 Å². The number of carbonyl (C=O) groups is 1. The Bertz CT molecular complexity index is 1350. The fourth-order valence-electron chi connectivity index (χ4n) is 5.22. The summed E-state index contributed by atoms with van der Waals surface area (Å²) in [6.45, 7) is 11.7. The highest BCUT2D eigenvalue weighted by atomic mass is 35.5. The second-order valence-electron chi connectivity index (χ2n) is 11.0. The normalized spacial score (nSPS) is 21.3. The van der Waals surface area contributed by atoms with Crippen LogP contribution in [0.15, 0.2) is 28.4 Å². The van der Waals surface area contributed by atoms with Gasteiger partial charge in [-0.25, -0.2) is 19.2 Å². The van der Waals surface area contributed by atoms with Crippen molar-refractivity contribution in [2.45, 2.75) is 75.0 Å². The third kappa shape index (κ3) is 5.08. The zero-order valence-corrected chi connectivity index (χ0v) is 23.8.